The van der Waals surface area contributed by atoms with E-state index < -0.39 is 6.29 Å². The number of carbonyl (C=O) groups is 2. The van der Waals surface area contributed by atoms with Crippen molar-refractivity contribution in [1.29, 1.82) is 0 Å². The van der Waals surface area contributed by atoms with E-state index in [9.17, 15) is 14.7 Å². The molecule has 2 aliphatic rings. The van der Waals surface area contributed by atoms with E-state index in [0.717, 1.165) is 61.8 Å². The number of nitrogens with zero attached hydrogens (tertiary/aromatic N) is 4. The highest BCUT2D eigenvalue weighted by Gasteiger charge is 2.34. The molecule has 2 fully saturated rings. The van der Waals surface area contributed by atoms with Crippen LogP contribution in [0.3, 0.4) is 0 Å². The first-order valence-corrected chi connectivity index (χ1v) is 17.7. The van der Waals surface area contributed by atoms with Crippen LogP contribution in [0.1, 0.15) is 67.6 Å². The minimum atomic E-state index is -0.578. The zero-order valence-electron chi connectivity index (χ0n) is 28.8. The first kappa shape index (κ1) is 35.9. The van der Waals surface area contributed by atoms with Gasteiger partial charge in [0.05, 0.1) is 30.2 Å². The molecule has 268 valence electrons. The van der Waals surface area contributed by atoms with Crippen LogP contribution >= 0.6 is 0 Å². The molecule has 2 amide bonds. The summed E-state index contributed by atoms with van der Waals surface area (Å²) in [6.07, 6.45) is 6.32. The van der Waals surface area contributed by atoms with Crippen molar-refractivity contribution in [2.45, 2.75) is 63.6 Å². The SMILES string of the molecule is Nc1ccccc1NC(=O)CCCCCC(=O)Nc1ccc([C@@H]2O[C@H](CN3CCN(c4ncccn4)CC3)C[C@H](c3ccc(CO)cc3)O2)cc1. The lowest BCUT2D eigenvalue weighted by atomic mass is 9.99. The van der Waals surface area contributed by atoms with Crippen molar-refractivity contribution in [2.24, 2.45) is 0 Å². The van der Waals surface area contributed by atoms with E-state index in [-0.39, 0.29) is 30.6 Å². The summed E-state index contributed by atoms with van der Waals surface area (Å²) in [7, 11) is 0. The molecule has 0 bridgehead atoms. The van der Waals surface area contributed by atoms with E-state index in [4.69, 9.17) is 15.2 Å². The number of para-hydroxylation sites is 2. The number of aliphatic hydroxyl groups excluding tert-OH is 1. The molecule has 51 heavy (non-hydrogen) atoms. The first-order chi connectivity index (χ1) is 24.9. The lowest BCUT2D eigenvalue weighted by molar-refractivity contribution is -0.253. The highest BCUT2D eigenvalue weighted by atomic mass is 16.7. The van der Waals surface area contributed by atoms with Crippen molar-refractivity contribution >= 4 is 34.8 Å². The van der Waals surface area contributed by atoms with Gasteiger partial charge >= 0.3 is 0 Å². The van der Waals surface area contributed by atoms with Crippen LogP contribution in [0, 0.1) is 0 Å². The zero-order chi connectivity index (χ0) is 35.4. The third-order valence-electron chi connectivity index (χ3n) is 9.29. The van der Waals surface area contributed by atoms with Crippen molar-refractivity contribution in [2.75, 3.05) is 54.0 Å². The Hall–Kier alpha value is -4.88. The molecule has 4 aromatic rings. The van der Waals surface area contributed by atoms with Crippen LogP contribution < -0.4 is 21.3 Å². The molecule has 12 nitrogen and oxygen atoms in total. The summed E-state index contributed by atoms with van der Waals surface area (Å²) < 4.78 is 13.1. The molecular formula is C39H47N7O5. The summed E-state index contributed by atoms with van der Waals surface area (Å²) in [6.45, 7) is 4.22. The summed E-state index contributed by atoms with van der Waals surface area (Å²) in [6, 6.07) is 24.5. The molecule has 0 radical (unpaired) electrons. The predicted octanol–water partition coefficient (Wildman–Crippen LogP) is 5.45. The molecule has 12 heteroatoms. The minimum absolute atomic E-state index is 0.00672. The first-order valence-electron chi connectivity index (χ1n) is 17.7. The molecule has 1 aromatic heterocycles. The number of amides is 2. The molecule has 0 saturated carbocycles. The van der Waals surface area contributed by atoms with E-state index in [1.165, 1.54) is 0 Å². The summed E-state index contributed by atoms with van der Waals surface area (Å²) in [5, 5.41) is 15.4. The van der Waals surface area contributed by atoms with Gasteiger partial charge in [-0.25, -0.2) is 9.97 Å². The monoisotopic (exact) mass is 693 g/mol. The van der Waals surface area contributed by atoms with E-state index in [1.807, 2.05) is 66.7 Å². The number of aromatic nitrogens is 2. The third-order valence-corrected chi connectivity index (χ3v) is 9.29. The number of carbonyl (C=O) groups excluding carboxylic acids is 2. The molecule has 3 aromatic carbocycles. The van der Waals surface area contributed by atoms with Crippen molar-refractivity contribution in [3.05, 3.63) is 108 Å². The normalized spacial score (nSPS) is 19.4. The second kappa shape index (κ2) is 17.9. The van der Waals surface area contributed by atoms with Crippen LogP contribution in [0.2, 0.25) is 0 Å². The number of piperazine rings is 1. The summed E-state index contributed by atoms with van der Waals surface area (Å²) in [4.78, 5) is 38.4. The lowest BCUT2D eigenvalue weighted by Gasteiger charge is -2.40. The van der Waals surface area contributed by atoms with Gasteiger partial charge in [0, 0.05) is 75.6 Å². The fourth-order valence-electron chi connectivity index (χ4n) is 6.42. The average molecular weight is 694 g/mol. The Labute approximate surface area is 299 Å². The number of nitrogen functional groups attached to an aromatic ring is 1. The Kier molecular flexibility index (Phi) is 12.6. The third kappa shape index (κ3) is 10.3. The van der Waals surface area contributed by atoms with Gasteiger partial charge in [-0.2, -0.15) is 0 Å². The Balaban J connectivity index is 0.992. The van der Waals surface area contributed by atoms with Crippen molar-refractivity contribution in [3.8, 4) is 0 Å². The van der Waals surface area contributed by atoms with Gasteiger partial charge in [-0.3, -0.25) is 14.5 Å². The number of aliphatic hydroxyl groups is 1. The smallest absolute Gasteiger partial charge is 0.225 e. The number of hydrogen-bond donors (Lipinski definition) is 4. The van der Waals surface area contributed by atoms with Gasteiger partial charge in [0.2, 0.25) is 17.8 Å². The molecule has 5 N–H and O–H groups in total. The zero-order valence-corrected chi connectivity index (χ0v) is 28.8. The van der Waals surface area contributed by atoms with Crippen LogP contribution in [0.5, 0.6) is 0 Å². The molecule has 0 spiro atoms. The van der Waals surface area contributed by atoms with Gasteiger partial charge < -0.3 is 35.8 Å². The summed E-state index contributed by atoms with van der Waals surface area (Å²) >= 11 is 0. The van der Waals surface area contributed by atoms with Crippen molar-refractivity contribution in [3.63, 3.8) is 0 Å². The highest BCUT2D eigenvalue weighted by molar-refractivity contribution is 5.93. The van der Waals surface area contributed by atoms with E-state index in [1.54, 1.807) is 24.5 Å². The Bertz CT molecular complexity index is 1700. The quantitative estimate of drug-likeness (QED) is 0.0991. The number of unbranched alkanes of at least 4 members (excludes halogenated alkanes) is 2. The van der Waals surface area contributed by atoms with Gasteiger partial charge in [0.25, 0.3) is 0 Å². The standard InChI is InChI=1S/C39H47N7O5/c40-33-7-4-5-8-34(33)44-37(49)10-3-1-2-9-36(48)43-31-17-15-30(16-18-31)38-50-32(25-35(51-38)29-13-11-28(27-47)12-14-29)26-45-21-23-46(24-22-45)39-41-19-6-20-42-39/h4-8,11-20,32,35,38,47H,1-3,9-10,21-27,40H2,(H,43,48)(H,44,49)/t32-,35+,38+/m0/s1. The van der Waals surface area contributed by atoms with Gasteiger partial charge in [0.1, 0.15) is 0 Å². The van der Waals surface area contributed by atoms with Gasteiger partial charge in [0.15, 0.2) is 6.29 Å². The van der Waals surface area contributed by atoms with Crippen LogP contribution in [0.4, 0.5) is 23.0 Å². The fraction of sp³-hybridized carbons (Fsp3) is 0.385. The van der Waals surface area contributed by atoms with Crippen molar-refractivity contribution in [1.82, 2.24) is 14.9 Å². The van der Waals surface area contributed by atoms with Crippen LogP contribution in [-0.2, 0) is 25.7 Å². The van der Waals surface area contributed by atoms with Gasteiger partial charge in [-0.05, 0) is 54.3 Å². The predicted molar refractivity (Wildman–Crippen MR) is 197 cm³/mol. The summed E-state index contributed by atoms with van der Waals surface area (Å²) in [5.41, 5.74) is 10.5. The maximum atomic E-state index is 12.7. The molecule has 0 unspecified atom stereocenters. The Morgan fingerprint density at radius 1 is 0.784 bits per heavy atom. The largest absolute Gasteiger partial charge is 0.397 e. The molecular weight excluding hydrogens is 646 g/mol. The molecule has 0 aliphatic carbocycles. The van der Waals surface area contributed by atoms with E-state index in [2.05, 4.69) is 30.4 Å². The van der Waals surface area contributed by atoms with Crippen molar-refractivity contribution < 1.29 is 24.2 Å². The van der Waals surface area contributed by atoms with Crippen LogP contribution in [0.15, 0.2) is 91.3 Å². The Morgan fingerprint density at radius 3 is 2.14 bits per heavy atom. The molecule has 3 heterocycles. The molecule has 2 aliphatic heterocycles. The topological polar surface area (TPSA) is 155 Å². The minimum Gasteiger partial charge on any atom is -0.397 e. The van der Waals surface area contributed by atoms with E-state index >= 15 is 0 Å². The number of nitrogens with one attached hydrogen (secondary N) is 2. The maximum Gasteiger partial charge on any atom is 0.225 e. The molecule has 6 rings (SSSR count). The van der Waals surface area contributed by atoms with Gasteiger partial charge in [-0.15, -0.1) is 0 Å². The summed E-state index contributed by atoms with van der Waals surface area (Å²) in [5.74, 6) is 0.607. The maximum absolute atomic E-state index is 12.7. The second-order valence-corrected chi connectivity index (χ2v) is 13.1. The number of anilines is 4. The van der Waals surface area contributed by atoms with Gasteiger partial charge in [-0.1, -0.05) is 55.0 Å². The highest BCUT2D eigenvalue weighted by Crippen LogP contribution is 2.38. The Morgan fingerprint density at radius 2 is 1.45 bits per heavy atom. The number of ether oxygens (including phenoxy) is 2. The number of rotatable bonds is 14. The number of nitrogens with two attached hydrogens (primary N) is 1. The molecule has 3 atom stereocenters. The van der Waals surface area contributed by atoms with Crippen LogP contribution in [-0.4, -0.2) is 70.6 Å². The van der Waals surface area contributed by atoms with Crippen LogP contribution in [0.25, 0.3) is 0 Å². The fourth-order valence-corrected chi connectivity index (χ4v) is 6.42. The molecule has 2 saturated heterocycles. The van der Waals surface area contributed by atoms with E-state index in [0.29, 0.717) is 49.2 Å². The lowest BCUT2D eigenvalue weighted by Crippen LogP contribution is -2.50. The number of benzene rings is 3. The second-order valence-electron chi connectivity index (χ2n) is 13.1. The average Bonchev–Trinajstić information content (AvgIpc) is 3.16. The number of hydrogen-bond acceptors (Lipinski definition) is 10.